The summed E-state index contributed by atoms with van der Waals surface area (Å²) in [6, 6.07) is 22.4. The van der Waals surface area contributed by atoms with Crippen LogP contribution in [0.1, 0.15) is 63.0 Å². The Balaban J connectivity index is 1.83. The summed E-state index contributed by atoms with van der Waals surface area (Å²) >= 11 is 1.34. The van der Waals surface area contributed by atoms with E-state index in [1.165, 1.54) is 11.8 Å². The third kappa shape index (κ3) is 12.4. The van der Waals surface area contributed by atoms with Crippen molar-refractivity contribution in [1.82, 2.24) is 16.0 Å². The van der Waals surface area contributed by atoms with Crippen molar-refractivity contribution >= 4 is 29.7 Å². The standard InChI is InChI=1S/C36H47N3O6S/c1-35(2,3)39-32(41)27-15-11-12-16-31(27)46-23-30(40)28(21-24-13-9-8-10-14-24)37-33(42)29(38-34(43)45-36(4,5)6)22-25-17-19-26(44-7)20-18-25/h8-20,28-30,40H,21-23H2,1-7H3,(H,37,42)(H,38,43)(H,39,41)/t28-,29-,30-/m0/s1. The van der Waals surface area contributed by atoms with Gasteiger partial charge in [0.2, 0.25) is 5.91 Å². The number of aliphatic hydroxyl groups is 1. The predicted octanol–water partition coefficient (Wildman–Crippen LogP) is 5.54. The first-order valence-electron chi connectivity index (χ1n) is 15.3. The van der Waals surface area contributed by atoms with Crippen LogP contribution >= 0.6 is 11.8 Å². The van der Waals surface area contributed by atoms with Crippen LogP contribution in [-0.4, -0.2) is 65.2 Å². The van der Waals surface area contributed by atoms with Crippen LogP contribution in [0.4, 0.5) is 4.79 Å². The van der Waals surface area contributed by atoms with Crippen molar-refractivity contribution in [2.75, 3.05) is 12.9 Å². The molecular formula is C36H47N3O6S. The molecule has 3 rings (SSSR count). The summed E-state index contributed by atoms with van der Waals surface area (Å²) in [6.07, 6.45) is -1.17. The number of hydrogen-bond donors (Lipinski definition) is 4. The molecule has 3 aromatic carbocycles. The van der Waals surface area contributed by atoms with E-state index >= 15 is 0 Å². The topological polar surface area (TPSA) is 126 Å². The molecule has 0 saturated heterocycles. The average molecular weight is 650 g/mol. The maximum atomic E-state index is 13.9. The first kappa shape index (κ1) is 36.4. The quantitative estimate of drug-likeness (QED) is 0.179. The van der Waals surface area contributed by atoms with E-state index in [0.717, 1.165) is 16.0 Å². The molecule has 9 nitrogen and oxygen atoms in total. The van der Waals surface area contributed by atoms with Crippen molar-refractivity contribution in [3.8, 4) is 5.75 Å². The van der Waals surface area contributed by atoms with Gasteiger partial charge in [0.05, 0.1) is 24.8 Å². The number of amides is 3. The van der Waals surface area contributed by atoms with E-state index in [2.05, 4.69) is 16.0 Å². The van der Waals surface area contributed by atoms with Crippen LogP contribution < -0.4 is 20.7 Å². The van der Waals surface area contributed by atoms with Gasteiger partial charge in [-0.25, -0.2) is 4.79 Å². The van der Waals surface area contributed by atoms with Crippen LogP contribution in [0, 0.1) is 0 Å². The Morgan fingerprint density at radius 3 is 2.02 bits per heavy atom. The number of hydrogen-bond acceptors (Lipinski definition) is 7. The van der Waals surface area contributed by atoms with Gasteiger partial charge in [0.15, 0.2) is 0 Å². The van der Waals surface area contributed by atoms with E-state index in [0.29, 0.717) is 17.7 Å². The lowest BCUT2D eigenvalue weighted by atomic mass is 10.00. The molecule has 3 aromatic rings. The molecule has 0 bridgehead atoms. The van der Waals surface area contributed by atoms with Gasteiger partial charge in [0.25, 0.3) is 5.91 Å². The second-order valence-electron chi connectivity index (χ2n) is 13.1. The molecule has 0 radical (unpaired) electrons. The van der Waals surface area contributed by atoms with Gasteiger partial charge in [-0.2, -0.15) is 0 Å². The minimum absolute atomic E-state index is 0.189. The molecule has 248 valence electrons. The Morgan fingerprint density at radius 1 is 0.804 bits per heavy atom. The maximum Gasteiger partial charge on any atom is 0.408 e. The van der Waals surface area contributed by atoms with Gasteiger partial charge in [0.1, 0.15) is 17.4 Å². The number of rotatable bonds is 13. The van der Waals surface area contributed by atoms with Crippen molar-refractivity contribution in [2.24, 2.45) is 0 Å². The van der Waals surface area contributed by atoms with Gasteiger partial charge in [-0.3, -0.25) is 9.59 Å². The molecule has 0 aliphatic rings. The normalized spacial score (nSPS) is 13.6. The largest absolute Gasteiger partial charge is 0.497 e. The third-order valence-electron chi connectivity index (χ3n) is 6.73. The molecule has 0 unspecified atom stereocenters. The number of aliphatic hydroxyl groups excluding tert-OH is 1. The molecule has 0 aliphatic heterocycles. The van der Waals surface area contributed by atoms with Gasteiger partial charge >= 0.3 is 6.09 Å². The number of thioether (sulfide) groups is 1. The molecule has 3 amide bonds. The van der Waals surface area contributed by atoms with Crippen molar-refractivity contribution in [3.63, 3.8) is 0 Å². The van der Waals surface area contributed by atoms with Gasteiger partial charge in [-0.1, -0.05) is 54.6 Å². The summed E-state index contributed by atoms with van der Waals surface area (Å²) in [5.74, 6) is 0.219. The molecule has 0 spiro atoms. The minimum atomic E-state index is -0.990. The number of nitrogens with one attached hydrogen (secondary N) is 3. The highest BCUT2D eigenvalue weighted by Crippen LogP contribution is 2.25. The molecule has 4 N–H and O–H groups in total. The summed E-state index contributed by atoms with van der Waals surface area (Å²) in [6.45, 7) is 11.0. The summed E-state index contributed by atoms with van der Waals surface area (Å²) in [5, 5.41) is 20.2. The van der Waals surface area contributed by atoms with Crippen LogP contribution in [0.2, 0.25) is 0 Å². The van der Waals surface area contributed by atoms with Crippen molar-refractivity contribution < 1.29 is 29.0 Å². The van der Waals surface area contributed by atoms with E-state index < -0.39 is 41.3 Å². The van der Waals surface area contributed by atoms with Gasteiger partial charge < -0.3 is 30.5 Å². The number of methoxy groups -OCH3 is 1. The molecule has 0 fully saturated rings. The first-order chi connectivity index (χ1) is 21.6. The molecule has 0 saturated carbocycles. The highest BCUT2D eigenvalue weighted by atomic mass is 32.2. The molecule has 46 heavy (non-hydrogen) atoms. The predicted molar refractivity (Wildman–Crippen MR) is 182 cm³/mol. The summed E-state index contributed by atoms with van der Waals surface area (Å²) in [5.41, 5.74) is 1.08. The Hall–Kier alpha value is -4.02. The Kier molecular flexibility index (Phi) is 13.1. The number of ether oxygens (including phenoxy) is 2. The number of carbonyl (C=O) groups is 3. The summed E-state index contributed by atoms with van der Waals surface area (Å²) in [7, 11) is 1.57. The third-order valence-corrected chi connectivity index (χ3v) is 7.90. The lowest BCUT2D eigenvalue weighted by Gasteiger charge is -2.28. The van der Waals surface area contributed by atoms with E-state index in [-0.39, 0.29) is 18.1 Å². The second-order valence-corrected chi connectivity index (χ2v) is 14.2. The van der Waals surface area contributed by atoms with Crippen LogP contribution in [0.5, 0.6) is 5.75 Å². The fraction of sp³-hybridized carbons (Fsp3) is 0.417. The maximum absolute atomic E-state index is 13.9. The highest BCUT2D eigenvalue weighted by molar-refractivity contribution is 7.99. The molecule has 0 aliphatic carbocycles. The van der Waals surface area contributed by atoms with Crippen LogP contribution in [-0.2, 0) is 22.4 Å². The Bertz CT molecular complexity index is 1430. The highest BCUT2D eigenvalue weighted by Gasteiger charge is 2.29. The molecular weight excluding hydrogens is 602 g/mol. The smallest absolute Gasteiger partial charge is 0.408 e. The molecule has 0 aromatic heterocycles. The zero-order valence-corrected chi connectivity index (χ0v) is 28.6. The SMILES string of the molecule is COc1ccc(C[C@H](NC(=O)OC(C)(C)C)C(=O)N[C@@H](Cc2ccccc2)[C@@H](O)CSc2ccccc2C(=O)NC(C)(C)C)cc1. The fourth-order valence-corrected chi connectivity index (χ4v) is 5.64. The fourth-order valence-electron chi connectivity index (χ4n) is 4.57. The lowest BCUT2D eigenvalue weighted by Crippen LogP contribution is -2.55. The van der Waals surface area contributed by atoms with Gasteiger partial charge in [-0.15, -0.1) is 11.8 Å². The monoisotopic (exact) mass is 649 g/mol. The zero-order valence-electron chi connectivity index (χ0n) is 27.8. The van der Waals surface area contributed by atoms with E-state index in [1.54, 1.807) is 52.1 Å². The minimum Gasteiger partial charge on any atom is -0.497 e. The van der Waals surface area contributed by atoms with Crippen molar-refractivity contribution in [1.29, 1.82) is 0 Å². The summed E-state index contributed by atoms with van der Waals surface area (Å²) < 4.78 is 10.7. The number of alkyl carbamates (subject to hydrolysis) is 1. The van der Waals surface area contributed by atoms with Crippen LogP contribution in [0.25, 0.3) is 0 Å². The first-order valence-corrected chi connectivity index (χ1v) is 16.3. The van der Waals surface area contributed by atoms with Gasteiger partial charge in [-0.05, 0) is 83.4 Å². The number of carbonyl (C=O) groups excluding carboxylic acids is 3. The van der Waals surface area contributed by atoms with E-state index in [9.17, 15) is 19.5 Å². The molecule has 10 heteroatoms. The van der Waals surface area contributed by atoms with Crippen LogP contribution in [0.15, 0.2) is 83.8 Å². The molecule has 3 atom stereocenters. The summed E-state index contributed by atoms with van der Waals surface area (Å²) in [4.78, 5) is 40.3. The van der Waals surface area contributed by atoms with Crippen molar-refractivity contribution in [2.45, 2.75) is 88.6 Å². The zero-order chi connectivity index (χ0) is 33.9. The van der Waals surface area contributed by atoms with Crippen LogP contribution in [0.3, 0.4) is 0 Å². The van der Waals surface area contributed by atoms with E-state index in [4.69, 9.17) is 9.47 Å². The Morgan fingerprint density at radius 2 is 1.41 bits per heavy atom. The van der Waals surface area contributed by atoms with Crippen molar-refractivity contribution in [3.05, 3.63) is 95.6 Å². The lowest BCUT2D eigenvalue weighted by molar-refractivity contribution is -0.124. The Labute approximate surface area is 276 Å². The van der Waals surface area contributed by atoms with E-state index in [1.807, 2.05) is 75.4 Å². The number of benzene rings is 3. The van der Waals surface area contributed by atoms with Gasteiger partial charge in [0, 0.05) is 22.6 Å². The molecule has 0 heterocycles. The second kappa shape index (κ2) is 16.5. The average Bonchev–Trinajstić information content (AvgIpc) is 2.98.